The highest BCUT2D eigenvalue weighted by molar-refractivity contribution is 5.24. The Morgan fingerprint density at radius 1 is 1.55 bits per heavy atom. The van der Waals surface area contributed by atoms with Crippen molar-refractivity contribution in [3.63, 3.8) is 0 Å². The summed E-state index contributed by atoms with van der Waals surface area (Å²) >= 11 is 0. The molecule has 1 fully saturated rings. The lowest BCUT2D eigenvalue weighted by Gasteiger charge is -2.33. The molecule has 1 aromatic rings. The molecule has 8 nitrogen and oxygen atoms in total. The standard InChI is InChI=1S/C12H19N3O5/c1-2-4-12(10(18)9(17)7(6-16)20-12)15-5-3-8(13)14-11(15)19/h3,5,7,9-10,16-18H,2,4,6H2,1H3,(H2,13,14,19)/t7-,9-,10-,12-/m1/s1. The van der Waals surface area contributed by atoms with E-state index >= 15 is 0 Å². The van der Waals surface area contributed by atoms with Crippen LogP contribution in [0.4, 0.5) is 5.82 Å². The number of aliphatic hydroxyl groups is 3. The summed E-state index contributed by atoms with van der Waals surface area (Å²) in [5, 5.41) is 29.4. The van der Waals surface area contributed by atoms with Crippen LogP contribution in [0.3, 0.4) is 0 Å². The van der Waals surface area contributed by atoms with Crippen LogP contribution in [-0.4, -0.2) is 49.8 Å². The molecule has 0 aliphatic carbocycles. The van der Waals surface area contributed by atoms with Crippen molar-refractivity contribution in [2.24, 2.45) is 0 Å². The van der Waals surface area contributed by atoms with Crippen molar-refractivity contribution >= 4 is 5.82 Å². The number of nitrogens with zero attached hydrogens (tertiary/aromatic N) is 2. The van der Waals surface area contributed by atoms with Gasteiger partial charge in [0.2, 0.25) is 0 Å². The minimum absolute atomic E-state index is 0.0599. The Kier molecular flexibility index (Phi) is 4.09. The number of nitrogens with two attached hydrogens (primary N) is 1. The van der Waals surface area contributed by atoms with Gasteiger partial charge >= 0.3 is 5.69 Å². The van der Waals surface area contributed by atoms with Gasteiger partial charge in [0.05, 0.1) is 6.61 Å². The van der Waals surface area contributed by atoms with Crippen molar-refractivity contribution in [3.8, 4) is 0 Å². The van der Waals surface area contributed by atoms with E-state index in [-0.39, 0.29) is 12.2 Å². The molecule has 0 unspecified atom stereocenters. The van der Waals surface area contributed by atoms with Crippen molar-refractivity contribution in [2.45, 2.75) is 43.8 Å². The van der Waals surface area contributed by atoms with E-state index in [0.717, 1.165) is 4.57 Å². The average molecular weight is 285 g/mol. The SMILES string of the molecule is CCC[C@@]1(n2ccc(N)nc2=O)O[C@H](CO)[C@@H](O)[C@H]1O. The Morgan fingerprint density at radius 3 is 2.75 bits per heavy atom. The Labute approximate surface area is 115 Å². The lowest BCUT2D eigenvalue weighted by atomic mass is 9.98. The van der Waals surface area contributed by atoms with Crippen LogP contribution in [0.15, 0.2) is 17.1 Å². The highest BCUT2D eigenvalue weighted by Crippen LogP contribution is 2.38. The third-order valence-electron chi connectivity index (χ3n) is 3.54. The Bertz CT molecular complexity index is 534. The number of rotatable bonds is 4. The molecule has 0 bridgehead atoms. The summed E-state index contributed by atoms with van der Waals surface area (Å²) in [6.45, 7) is 1.40. The van der Waals surface area contributed by atoms with Gasteiger partial charge in [-0.2, -0.15) is 4.98 Å². The third kappa shape index (κ3) is 2.20. The molecule has 4 atom stereocenters. The zero-order chi connectivity index (χ0) is 14.9. The Balaban J connectivity index is 2.53. The lowest BCUT2D eigenvalue weighted by molar-refractivity contribution is -0.155. The topological polar surface area (TPSA) is 131 Å². The summed E-state index contributed by atoms with van der Waals surface area (Å²) in [6.07, 6.45) is -1.33. The van der Waals surface area contributed by atoms with Crippen LogP contribution in [0.2, 0.25) is 0 Å². The van der Waals surface area contributed by atoms with Crippen molar-refractivity contribution in [1.29, 1.82) is 0 Å². The maximum atomic E-state index is 12.0. The molecule has 1 saturated heterocycles. The number of aromatic nitrogens is 2. The van der Waals surface area contributed by atoms with E-state index < -0.39 is 36.3 Å². The van der Waals surface area contributed by atoms with Gasteiger partial charge in [-0.25, -0.2) is 4.79 Å². The molecule has 0 saturated carbocycles. The first kappa shape index (κ1) is 14.9. The summed E-state index contributed by atoms with van der Waals surface area (Å²) in [5.41, 5.74) is 3.32. The summed E-state index contributed by atoms with van der Waals surface area (Å²) in [6, 6.07) is 1.41. The molecule has 1 aliphatic rings. The van der Waals surface area contributed by atoms with Crippen molar-refractivity contribution in [2.75, 3.05) is 12.3 Å². The Hall–Kier alpha value is -1.48. The van der Waals surface area contributed by atoms with E-state index in [2.05, 4.69) is 4.98 Å². The van der Waals surface area contributed by atoms with E-state index in [9.17, 15) is 20.1 Å². The number of aliphatic hydroxyl groups excluding tert-OH is 3. The maximum absolute atomic E-state index is 12.0. The summed E-state index contributed by atoms with van der Waals surface area (Å²) in [5.74, 6) is 0.0599. The van der Waals surface area contributed by atoms with E-state index in [1.165, 1.54) is 12.3 Å². The molecule has 0 spiro atoms. The van der Waals surface area contributed by atoms with Crippen LogP contribution >= 0.6 is 0 Å². The molecule has 5 N–H and O–H groups in total. The molecule has 0 radical (unpaired) electrons. The molecular formula is C12H19N3O5. The van der Waals surface area contributed by atoms with Crippen molar-refractivity contribution in [1.82, 2.24) is 9.55 Å². The number of ether oxygens (including phenoxy) is 1. The molecule has 112 valence electrons. The second-order valence-corrected chi connectivity index (χ2v) is 4.87. The fourth-order valence-electron chi connectivity index (χ4n) is 2.61. The zero-order valence-corrected chi connectivity index (χ0v) is 11.1. The minimum Gasteiger partial charge on any atom is -0.394 e. The number of anilines is 1. The molecule has 0 amide bonds. The van der Waals surface area contributed by atoms with Crippen LogP contribution < -0.4 is 11.4 Å². The monoisotopic (exact) mass is 285 g/mol. The second kappa shape index (κ2) is 5.49. The van der Waals surface area contributed by atoms with Gasteiger partial charge in [0.25, 0.3) is 0 Å². The predicted octanol–water partition coefficient (Wildman–Crippen LogP) is -1.61. The average Bonchev–Trinajstić information content (AvgIpc) is 2.65. The second-order valence-electron chi connectivity index (χ2n) is 4.87. The van der Waals surface area contributed by atoms with E-state index in [1.54, 1.807) is 0 Å². The third-order valence-corrected chi connectivity index (χ3v) is 3.54. The van der Waals surface area contributed by atoms with Gasteiger partial charge in [-0.15, -0.1) is 0 Å². The van der Waals surface area contributed by atoms with Crippen molar-refractivity contribution in [3.05, 3.63) is 22.7 Å². The van der Waals surface area contributed by atoms with Gasteiger partial charge in [-0.05, 0) is 12.5 Å². The molecule has 0 aromatic carbocycles. The number of nitrogen functional groups attached to an aromatic ring is 1. The molecule has 20 heavy (non-hydrogen) atoms. The highest BCUT2D eigenvalue weighted by atomic mass is 16.6. The maximum Gasteiger partial charge on any atom is 0.351 e. The van der Waals surface area contributed by atoms with Gasteiger partial charge in [0.15, 0.2) is 5.72 Å². The highest BCUT2D eigenvalue weighted by Gasteiger charge is 2.55. The first-order valence-corrected chi connectivity index (χ1v) is 6.46. The van der Waals surface area contributed by atoms with E-state index in [1.807, 2.05) is 6.92 Å². The lowest BCUT2D eigenvalue weighted by Crippen LogP contribution is -2.50. The molecule has 2 heterocycles. The first-order valence-electron chi connectivity index (χ1n) is 6.46. The first-order chi connectivity index (χ1) is 9.46. The number of hydrogen-bond donors (Lipinski definition) is 4. The Morgan fingerprint density at radius 2 is 2.25 bits per heavy atom. The quantitative estimate of drug-likeness (QED) is 0.523. The molecule has 8 heteroatoms. The van der Waals surface area contributed by atoms with Gasteiger partial charge in [-0.1, -0.05) is 13.3 Å². The number of hydrogen-bond acceptors (Lipinski definition) is 7. The molecule has 1 aromatic heterocycles. The molecular weight excluding hydrogens is 266 g/mol. The fraction of sp³-hybridized carbons (Fsp3) is 0.667. The molecule has 1 aliphatic heterocycles. The summed E-state index contributed by atoms with van der Waals surface area (Å²) in [4.78, 5) is 15.6. The predicted molar refractivity (Wildman–Crippen MR) is 69.8 cm³/mol. The largest absolute Gasteiger partial charge is 0.394 e. The van der Waals surface area contributed by atoms with Gasteiger partial charge in [-0.3, -0.25) is 4.57 Å². The normalized spacial score (nSPS) is 33.5. The zero-order valence-electron chi connectivity index (χ0n) is 11.1. The van der Waals surface area contributed by atoms with Gasteiger partial charge in [0, 0.05) is 6.20 Å². The van der Waals surface area contributed by atoms with Crippen LogP contribution in [-0.2, 0) is 10.5 Å². The van der Waals surface area contributed by atoms with Gasteiger partial charge in [0.1, 0.15) is 24.1 Å². The minimum atomic E-state index is -1.45. The van der Waals surface area contributed by atoms with Crippen LogP contribution in [0.5, 0.6) is 0 Å². The van der Waals surface area contributed by atoms with E-state index in [4.69, 9.17) is 10.5 Å². The van der Waals surface area contributed by atoms with Crippen LogP contribution in [0.25, 0.3) is 0 Å². The van der Waals surface area contributed by atoms with E-state index in [0.29, 0.717) is 6.42 Å². The summed E-state index contributed by atoms with van der Waals surface area (Å²) in [7, 11) is 0. The van der Waals surface area contributed by atoms with Crippen LogP contribution in [0, 0.1) is 0 Å². The summed E-state index contributed by atoms with van der Waals surface area (Å²) < 4.78 is 6.72. The molecule has 2 rings (SSSR count). The van der Waals surface area contributed by atoms with Gasteiger partial charge < -0.3 is 25.8 Å². The smallest absolute Gasteiger partial charge is 0.351 e. The van der Waals surface area contributed by atoms with Crippen LogP contribution in [0.1, 0.15) is 19.8 Å². The fourth-order valence-corrected chi connectivity index (χ4v) is 2.61. The van der Waals surface area contributed by atoms with Crippen molar-refractivity contribution < 1.29 is 20.1 Å².